The molecule has 0 saturated carbocycles. The highest BCUT2D eigenvalue weighted by molar-refractivity contribution is 5.90. The molecule has 31 heavy (non-hydrogen) atoms. The third-order valence-corrected chi connectivity index (χ3v) is 5.61. The van der Waals surface area contributed by atoms with Crippen molar-refractivity contribution in [2.24, 2.45) is 0 Å². The van der Waals surface area contributed by atoms with Gasteiger partial charge in [0.15, 0.2) is 6.61 Å². The van der Waals surface area contributed by atoms with E-state index in [1.165, 1.54) is 24.8 Å². The Morgan fingerprint density at radius 2 is 1.90 bits per heavy atom. The topological polar surface area (TPSA) is 108 Å². The summed E-state index contributed by atoms with van der Waals surface area (Å²) in [6, 6.07) is 4.49. The maximum Gasteiger partial charge on any atom is 0.414 e. The van der Waals surface area contributed by atoms with Crippen molar-refractivity contribution in [3.05, 3.63) is 24.0 Å². The van der Waals surface area contributed by atoms with Crippen molar-refractivity contribution in [1.29, 1.82) is 0 Å². The van der Waals surface area contributed by atoms with E-state index >= 15 is 0 Å². The SMILES string of the molecule is CC(=O)NCC1CN(c2ccc(N3CC4C(C3)N4C(=O)COC(C)=O)c(F)c2)C(=O)O1. The van der Waals surface area contributed by atoms with Crippen LogP contribution in [0, 0.1) is 5.82 Å². The first-order valence-electron chi connectivity index (χ1n) is 9.96. The van der Waals surface area contributed by atoms with Crippen LogP contribution in [0.4, 0.5) is 20.6 Å². The monoisotopic (exact) mass is 434 g/mol. The Labute approximate surface area is 177 Å². The molecule has 3 atom stereocenters. The minimum Gasteiger partial charge on any atom is -0.456 e. The van der Waals surface area contributed by atoms with E-state index in [0.717, 1.165) is 0 Å². The van der Waals surface area contributed by atoms with Crippen molar-refractivity contribution in [2.45, 2.75) is 32.0 Å². The quantitative estimate of drug-likeness (QED) is 0.505. The largest absolute Gasteiger partial charge is 0.456 e. The molecule has 1 aromatic carbocycles. The van der Waals surface area contributed by atoms with Crippen LogP contribution in [0.15, 0.2) is 18.2 Å². The van der Waals surface area contributed by atoms with Gasteiger partial charge in [-0.3, -0.25) is 19.3 Å². The zero-order valence-corrected chi connectivity index (χ0v) is 17.2. The van der Waals surface area contributed by atoms with Gasteiger partial charge in [-0.25, -0.2) is 9.18 Å². The van der Waals surface area contributed by atoms with Gasteiger partial charge in [-0.1, -0.05) is 0 Å². The highest BCUT2D eigenvalue weighted by Crippen LogP contribution is 2.39. The molecule has 10 nitrogen and oxygen atoms in total. The summed E-state index contributed by atoms with van der Waals surface area (Å²) in [6.45, 7) is 3.72. The van der Waals surface area contributed by atoms with Crippen molar-refractivity contribution >= 4 is 35.3 Å². The smallest absolute Gasteiger partial charge is 0.414 e. The van der Waals surface area contributed by atoms with Crippen LogP contribution in [0.2, 0.25) is 0 Å². The molecule has 0 spiro atoms. The van der Waals surface area contributed by atoms with Gasteiger partial charge >= 0.3 is 12.1 Å². The van der Waals surface area contributed by atoms with E-state index in [1.807, 2.05) is 4.90 Å². The van der Waals surface area contributed by atoms with Crippen LogP contribution in [-0.4, -0.2) is 79.8 Å². The molecule has 0 bridgehead atoms. The Morgan fingerprint density at radius 1 is 1.19 bits per heavy atom. The van der Waals surface area contributed by atoms with Gasteiger partial charge in [-0.05, 0) is 18.2 Å². The number of benzene rings is 1. The van der Waals surface area contributed by atoms with Crippen molar-refractivity contribution < 1.29 is 33.0 Å². The van der Waals surface area contributed by atoms with E-state index in [-0.39, 0.29) is 43.6 Å². The average molecular weight is 434 g/mol. The second-order valence-corrected chi connectivity index (χ2v) is 7.81. The van der Waals surface area contributed by atoms with Crippen LogP contribution in [-0.2, 0) is 23.9 Å². The highest BCUT2D eigenvalue weighted by Gasteiger charge is 2.56. The van der Waals surface area contributed by atoms with Crippen molar-refractivity contribution in [1.82, 2.24) is 10.2 Å². The lowest BCUT2D eigenvalue weighted by Gasteiger charge is -2.24. The predicted molar refractivity (Wildman–Crippen MR) is 106 cm³/mol. The van der Waals surface area contributed by atoms with E-state index in [2.05, 4.69) is 5.32 Å². The third kappa shape index (κ3) is 4.25. The fourth-order valence-electron chi connectivity index (χ4n) is 4.10. The number of ether oxygens (including phenoxy) is 2. The summed E-state index contributed by atoms with van der Waals surface area (Å²) in [7, 11) is 0. The molecule has 166 valence electrons. The number of esters is 1. The Balaban J connectivity index is 1.34. The number of piperazine rings is 1. The first-order chi connectivity index (χ1) is 14.7. The minimum atomic E-state index is -0.591. The molecule has 3 heterocycles. The van der Waals surface area contributed by atoms with E-state index < -0.39 is 24.0 Å². The summed E-state index contributed by atoms with van der Waals surface area (Å²) >= 11 is 0. The lowest BCUT2D eigenvalue weighted by molar-refractivity contribution is -0.148. The number of amides is 3. The van der Waals surface area contributed by atoms with E-state index in [0.29, 0.717) is 24.5 Å². The number of nitrogens with one attached hydrogen (secondary N) is 1. The standard InChI is InChI=1S/C20H23FN4O6/c1-11(26)22-6-14-7-24(20(29)31-14)13-3-4-16(15(21)5-13)23-8-17-18(9-23)25(17)19(28)10-30-12(2)27/h3-5,14,17-18H,6-10H2,1-2H3,(H,22,26). The number of anilines is 2. The number of cyclic esters (lactones) is 1. The Kier molecular flexibility index (Phi) is 5.42. The number of carbonyl (C=O) groups is 4. The van der Waals surface area contributed by atoms with Gasteiger partial charge in [0.25, 0.3) is 5.91 Å². The summed E-state index contributed by atoms with van der Waals surface area (Å²) in [4.78, 5) is 50.9. The zero-order chi connectivity index (χ0) is 22.3. The zero-order valence-electron chi connectivity index (χ0n) is 17.2. The number of fused-ring (bicyclic) bond motifs is 1. The van der Waals surface area contributed by atoms with Crippen molar-refractivity contribution in [2.75, 3.05) is 42.6 Å². The van der Waals surface area contributed by atoms with Crippen LogP contribution < -0.4 is 15.1 Å². The van der Waals surface area contributed by atoms with Crippen LogP contribution >= 0.6 is 0 Å². The summed E-state index contributed by atoms with van der Waals surface area (Å²) in [6.07, 6.45) is -1.09. The molecular weight excluding hydrogens is 411 g/mol. The fourth-order valence-corrected chi connectivity index (χ4v) is 4.10. The molecule has 0 aromatic heterocycles. The molecule has 3 amide bonds. The van der Waals surface area contributed by atoms with Gasteiger partial charge in [0.05, 0.1) is 36.5 Å². The van der Waals surface area contributed by atoms with Crippen molar-refractivity contribution in [3.8, 4) is 0 Å². The number of carbonyl (C=O) groups excluding carboxylic acids is 4. The van der Waals surface area contributed by atoms with Gasteiger partial charge in [0.1, 0.15) is 11.9 Å². The molecule has 3 unspecified atom stereocenters. The first-order valence-corrected chi connectivity index (χ1v) is 9.96. The number of hydrogen-bond acceptors (Lipinski definition) is 7. The Morgan fingerprint density at radius 3 is 2.52 bits per heavy atom. The maximum atomic E-state index is 14.8. The van der Waals surface area contributed by atoms with Crippen molar-refractivity contribution in [3.63, 3.8) is 0 Å². The molecule has 3 saturated heterocycles. The van der Waals surface area contributed by atoms with Gasteiger partial charge in [0, 0.05) is 26.9 Å². The van der Waals surface area contributed by atoms with Crippen LogP contribution in [0.3, 0.4) is 0 Å². The van der Waals surface area contributed by atoms with E-state index in [1.54, 1.807) is 17.0 Å². The Hall–Kier alpha value is -3.37. The molecule has 0 aliphatic carbocycles. The highest BCUT2D eigenvalue weighted by atomic mass is 19.1. The van der Waals surface area contributed by atoms with Gasteiger partial charge in [0.2, 0.25) is 5.91 Å². The lowest BCUT2D eigenvalue weighted by Crippen LogP contribution is -2.34. The van der Waals surface area contributed by atoms with Gasteiger partial charge in [-0.2, -0.15) is 0 Å². The molecule has 3 fully saturated rings. The second kappa shape index (κ2) is 8.05. The molecule has 1 aromatic rings. The lowest BCUT2D eigenvalue weighted by atomic mass is 10.2. The number of hydrogen-bond donors (Lipinski definition) is 1. The minimum absolute atomic E-state index is 0.0229. The molecule has 11 heteroatoms. The van der Waals surface area contributed by atoms with Gasteiger partial charge < -0.3 is 24.6 Å². The maximum absolute atomic E-state index is 14.8. The number of rotatable bonds is 6. The molecular formula is C20H23FN4O6. The van der Waals surface area contributed by atoms with Crippen LogP contribution in [0.5, 0.6) is 0 Å². The van der Waals surface area contributed by atoms with Crippen LogP contribution in [0.1, 0.15) is 13.8 Å². The molecule has 0 radical (unpaired) electrons. The third-order valence-electron chi connectivity index (χ3n) is 5.61. The molecule has 1 N–H and O–H groups in total. The van der Waals surface area contributed by atoms with E-state index in [9.17, 15) is 23.6 Å². The van der Waals surface area contributed by atoms with Gasteiger partial charge in [-0.15, -0.1) is 0 Å². The fraction of sp³-hybridized carbons (Fsp3) is 0.500. The predicted octanol–water partition coefficient (Wildman–Crippen LogP) is 0.250. The number of halogens is 1. The molecule has 4 rings (SSSR count). The normalized spacial score (nSPS) is 24.0. The average Bonchev–Trinajstić information content (AvgIpc) is 3.03. The van der Waals surface area contributed by atoms with E-state index in [4.69, 9.17) is 9.47 Å². The Bertz CT molecular complexity index is 928. The summed E-state index contributed by atoms with van der Waals surface area (Å²) in [5.74, 6) is -1.45. The molecule has 3 aliphatic heterocycles. The summed E-state index contributed by atoms with van der Waals surface area (Å²) in [5.41, 5.74) is 0.768. The summed E-state index contributed by atoms with van der Waals surface area (Å²) < 4.78 is 24.8. The first kappa shape index (κ1) is 20.9. The molecule has 3 aliphatic rings. The second-order valence-electron chi connectivity index (χ2n) is 7.81. The number of nitrogens with zero attached hydrogens (tertiary/aromatic N) is 3. The summed E-state index contributed by atoms with van der Waals surface area (Å²) in [5, 5.41) is 2.59. The van der Waals surface area contributed by atoms with Crippen LogP contribution in [0.25, 0.3) is 0 Å².